The standard InChI is InChI=1S/C21H18ClN5O2/c22-17-9-5-4-6-14(17)12-23-19(28)11-10-18-25-20-16(21(29)26-18)13-24-27(20)15-7-2-1-3-8-15/h1-9,13H,10-12H2,(H,23,28)(H,25,26,29). The average Bonchev–Trinajstić information content (AvgIpc) is 3.17. The summed E-state index contributed by atoms with van der Waals surface area (Å²) in [5.41, 5.74) is 1.85. The fourth-order valence-electron chi connectivity index (χ4n) is 3.00. The van der Waals surface area contributed by atoms with Gasteiger partial charge in [0.2, 0.25) is 5.91 Å². The number of rotatable bonds is 6. The van der Waals surface area contributed by atoms with Gasteiger partial charge in [0.1, 0.15) is 11.2 Å². The average molecular weight is 408 g/mol. The SMILES string of the molecule is O=C(CCc1nc2c(cnn2-c2ccccc2)c(=O)[nH]1)NCc1ccccc1Cl. The summed E-state index contributed by atoms with van der Waals surface area (Å²) in [5, 5.41) is 8.12. The second-order valence-corrected chi connectivity index (χ2v) is 6.92. The Morgan fingerprint density at radius 2 is 1.86 bits per heavy atom. The number of amides is 1. The van der Waals surface area contributed by atoms with Crippen molar-refractivity contribution in [2.24, 2.45) is 0 Å². The maximum absolute atomic E-state index is 12.4. The third-order valence-electron chi connectivity index (χ3n) is 4.51. The third-order valence-corrected chi connectivity index (χ3v) is 4.88. The van der Waals surface area contributed by atoms with E-state index < -0.39 is 0 Å². The van der Waals surface area contributed by atoms with E-state index in [0.717, 1.165) is 11.3 Å². The van der Waals surface area contributed by atoms with Crippen molar-refractivity contribution >= 4 is 28.5 Å². The van der Waals surface area contributed by atoms with Crippen molar-refractivity contribution in [3.8, 4) is 5.69 Å². The fourth-order valence-corrected chi connectivity index (χ4v) is 3.20. The molecule has 8 heteroatoms. The number of H-pyrrole nitrogens is 1. The molecule has 2 heterocycles. The molecule has 0 aliphatic rings. The summed E-state index contributed by atoms with van der Waals surface area (Å²) in [5.74, 6) is 0.289. The first kappa shape index (κ1) is 18.9. The largest absolute Gasteiger partial charge is 0.352 e. The molecule has 7 nitrogen and oxygen atoms in total. The molecule has 0 aliphatic carbocycles. The first-order chi connectivity index (χ1) is 14.1. The molecule has 0 saturated carbocycles. The Labute approximate surface area is 171 Å². The van der Waals surface area contributed by atoms with Crippen molar-refractivity contribution in [2.45, 2.75) is 19.4 Å². The minimum atomic E-state index is -0.274. The first-order valence-electron chi connectivity index (χ1n) is 9.14. The molecule has 4 rings (SSSR count). The molecule has 1 amide bonds. The van der Waals surface area contributed by atoms with Crippen LogP contribution in [0, 0.1) is 0 Å². The minimum absolute atomic E-state index is 0.149. The molecule has 0 bridgehead atoms. The number of halogens is 1. The van der Waals surface area contributed by atoms with Crippen molar-refractivity contribution in [3.63, 3.8) is 0 Å². The van der Waals surface area contributed by atoms with Gasteiger partial charge in [-0.05, 0) is 23.8 Å². The van der Waals surface area contributed by atoms with Crippen LogP contribution in [0.4, 0.5) is 0 Å². The normalized spacial score (nSPS) is 10.9. The van der Waals surface area contributed by atoms with Crippen molar-refractivity contribution in [3.05, 3.63) is 87.6 Å². The van der Waals surface area contributed by atoms with Gasteiger partial charge in [0.25, 0.3) is 5.56 Å². The highest BCUT2D eigenvalue weighted by atomic mass is 35.5. The number of aryl methyl sites for hydroxylation is 1. The lowest BCUT2D eigenvalue weighted by atomic mass is 10.2. The fraction of sp³-hybridized carbons (Fsp3) is 0.143. The second-order valence-electron chi connectivity index (χ2n) is 6.51. The zero-order valence-electron chi connectivity index (χ0n) is 15.4. The Bertz CT molecular complexity index is 1220. The predicted molar refractivity (Wildman–Crippen MR) is 111 cm³/mol. The number of aromatic amines is 1. The maximum Gasteiger partial charge on any atom is 0.262 e. The van der Waals surface area contributed by atoms with Gasteiger partial charge in [0.15, 0.2) is 5.65 Å². The summed E-state index contributed by atoms with van der Waals surface area (Å²) < 4.78 is 1.62. The van der Waals surface area contributed by atoms with Gasteiger partial charge in [-0.25, -0.2) is 9.67 Å². The molecule has 0 radical (unpaired) electrons. The van der Waals surface area contributed by atoms with Gasteiger partial charge in [-0.1, -0.05) is 48.0 Å². The number of carbonyl (C=O) groups excluding carboxylic acids is 1. The smallest absolute Gasteiger partial charge is 0.262 e. The first-order valence-corrected chi connectivity index (χ1v) is 9.52. The quantitative estimate of drug-likeness (QED) is 0.514. The van der Waals surface area contributed by atoms with Crippen LogP contribution in [-0.4, -0.2) is 25.7 Å². The Hall–Kier alpha value is -3.45. The van der Waals surface area contributed by atoms with Crippen LogP contribution < -0.4 is 10.9 Å². The summed E-state index contributed by atoms with van der Waals surface area (Å²) >= 11 is 6.10. The predicted octanol–water partition coefficient (Wildman–Crippen LogP) is 3.01. The summed E-state index contributed by atoms with van der Waals surface area (Å²) in [7, 11) is 0. The lowest BCUT2D eigenvalue weighted by molar-refractivity contribution is -0.121. The van der Waals surface area contributed by atoms with Gasteiger partial charge >= 0.3 is 0 Å². The molecule has 0 aliphatic heterocycles. The zero-order valence-corrected chi connectivity index (χ0v) is 16.2. The Morgan fingerprint density at radius 3 is 2.66 bits per heavy atom. The van der Waals surface area contributed by atoms with E-state index in [0.29, 0.717) is 34.8 Å². The summed E-state index contributed by atoms with van der Waals surface area (Å²) in [4.78, 5) is 31.8. The maximum atomic E-state index is 12.4. The van der Waals surface area contributed by atoms with Crippen LogP contribution in [0.15, 0.2) is 65.6 Å². The van der Waals surface area contributed by atoms with Crippen LogP contribution >= 0.6 is 11.6 Å². The van der Waals surface area contributed by atoms with Crippen molar-refractivity contribution in [2.75, 3.05) is 0 Å². The van der Waals surface area contributed by atoms with Crippen LogP contribution in [-0.2, 0) is 17.8 Å². The Morgan fingerprint density at radius 1 is 1.10 bits per heavy atom. The molecular weight excluding hydrogens is 390 g/mol. The number of para-hydroxylation sites is 1. The van der Waals surface area contributed by atoms with Crippen LogP contribution in [0.25, 0.3) is 16.7 Å². The molecule has 2 aromatic carbocycles. The lowest BCUT2D eigenvalue weighted by Gasteiger charge is -2.07. The molecule has 2 aromatic heterocycles. The highest BCUT2D eigenvalue weighted by Crippen LogP contribution is 2.15. The summed E-state index contributed by atoms with van der Waals surface area (Å²) in [6, 6.07) is 16.8. The van der Waals surface area contributed by atoms with Crippen LogP contribution in [0.1, 0.15) is 17.8 Å². The van der Waals surface area contributed by atoms with Gasteiger partial charge in [0.05, 0.1) is 11.9 Å². The highest BCUT2D eigenvalue weighted by molar-refractivity contribution is 6.31. The number of nitrogens with one attached hydrogen (secondary N) is 2. The van der Waals surface area contributed by atoms with Crippen LogP contribution in [0.3, 0.4) is 0 Å². The number of aromatic nitrogens is 4. The van der Waals surface area contributed by atoms with Gasteiger partial charge in [0, 0.05) is 24.4 Å². The number of fused-ring (bicyclic) bond motifs is 1. The lowest BCUT2D eigenvalue weighted by Crippen LogP contribution is -2.24. The van der Waals surface area contributed by atoms with Gasteiger partial charge in [-0.2, -0.15) is 5.10 Å². The van der Waals surface area contributed by atoms with E-state index in [9.17, 15) is 9.59 Å². The zero-order chi connectivity index (χ0) is 20.2. The number of nitrogens with zero attached hydrogens (tertiary/aromatic N) is 3. The number of carbonyl (C=O) groups is 1. The molecule has 0 atom stereocenters. The molecule has 0 unspecified atom stereocenters. The highest BCUT2D eigenvalue weighted by Gasteiger charge is 2.12. The van der Waals surface area contributed by atoms with E-state index in [2.05, 4.69) is 20.4 Å². The van der Waals surface area contributed by atoms with E-state index in [1.807, 2.05) is 48.5 Å². The molecular formula is C21H18ClN5O2. The van der Waals surface area contributed by atoms with E-state index in [1.165, 1.54) is 6.20 Å². The number of benzene rings is 2. The number of hydrogen-bond acceptors (Lipinski definition) is 4. The Balaban J connectivity index is 1.47. The molecule has 4 aromatic rings. The molecule has 29 heavy (non-hydrogen) atoms. The van der Waals surface area contributed by atoms with Crippen molar-refractivity contribution in [1.29, 1.82) is 0 Å². The van der Waals surface area contributed by atoms with Crippen molar-refractivity contribution in [1.82, 2.24) is 25.1 Å². The van der Waals surface area contributed by atoms with Gasteiger partial charge in [-0.3, -0.25) is 9.59 Å². The number of hydrogen-bond donors (Lipinski definition) is 2. The summed E-state index contributed by atoms with van der Waals surface area (Å²) in [6.45, 7) is 0.349. The van der Waals surface area contributed by atoms with Gasteiger partial charge < -0.3 is 10.3 Å². The molecule has 0 saturated heterocycles. The van der Waals surface area contributed by atoms with E-state index in [1.54, 1.807) is 10.7 Å². The summed E-state index contributed by atoms with van der Waals surface area (Å²) in [6.07, 6.45) is 1.99. The monoisotopic (exact) mass is 407 g/mol. The minimum Gasteiger partial charge on any atom is -0.352 e. The molecule has 2 N–H and O–H groups in total. The van der Waals surface area contributed by atoms with Crippen molar-refractivity contribution < 1.29 is 4.79 Å². The second kappa shape index (κ2) is 8.28. The molecule has 146 valence electrons. The molecule has 0 spiro atoms. The third kappa shape index (κ3) is 4.20. The van der Waals surface area contributed by atoms with Crippen LogP contribution in [0.2, 0.25) is 5.02 Å². The molecule has 0 fully saturated rings. The van der Waals surface area contributed by atoms with E-state index in [-0.39, 0.29) is 17.9 Å². The van der Waals surface area contributed by atoms with E-state index in [4.69, 9.17) is 11.6 Å². The van der Waals surface area contributed by atoms with E-state index >= 15 is 0 Å². The van der Waals surface area contributed by atoms with Gasteiger partial charge in [-0.15, -0.1) is 0 Å². The Kier molecular flexibility index (Phi) is 5.39. The topological polar surface area (TPSA) is 92.7 Å². The van der Waals surface area contributed by atoms with Crippen LogP contribution in [0.5, 0.6) is 0 Å².